The molecule has 0 spiro atoms. The summed E-state index contributed by atoms with van der Waals surface area (Å²) < 4.78 is 0. The molecule has 1 aromatic heterocycles. The first-order valence-electron chi connectivity index (χ1n) is 4.82. The minimum absolute atomic E-state index is 0.252. The van der Waals surface area contributed by atoms with Gasteiger partial charge in [0.25, 0.3) is 0 Å². The van der Waals surface area contributed by atoms with E-state index in [2.05, 4.69) is 15.4 Å². The van der Waals surface area contributed by atoms with Crippen LogP contribution in [0, 0.1) is 13.8 Å². The van der Waals surface area contributed by atoms with Crippen LogP contribution >= 0.6 is 11.8 Å². The highest BCUT2D eigenvalue weighted by Gasteiger charge is 2.11. The van der Waals surface area contributed by atoms with Crippen molar-refractivity contribution in [2.24, 2.45) is 5.84 Å². The Bertz CT molecular complexity index is 362. The van der Waals surface area contributed by atoms with Crippen LogP contribution in [0.25, 0.3) is 0 Å². The number of aliphatic hydroxyl groups is 2. The van der Waals surface area contributed by atoms with E-state index < -0.39 is 6.10 Å². The molecule has 5 N–H and O–H groups in total. The fourth-order valence-electron chi connectivity index (χ4n) is 1.11. The van der Waals surface area contributed by atoms with Crippen LogP contribution in [-0.2, 0) is 0 Å². The lowest BCUT2D eigenvalue weighted by molar-refractivity contribution is 0.113. The van der Waals surface area contributed by atoms with E-state index in [0.29, 0.717) is 17.4 Å². The Kier molecular flexibility index (Phi) is 4.94. The molecule has 0 aliphatic rings. The second-order valence-corrected chi connectivity index (χ2v) is 4.35. The van der Waals surface area contributed by atoms with E-state index in [4.69, 9.17) is 10.9 Å². The smallest absolute Gasteiger partial charge is 0.147 e. The third-order valence-corrected chi connectivity index (χ3v) is 3.20. The molecule has 1 heterocycles. The van der Waals surface area contributed by atoms with E-state index >= 15 is 0 Å². The summed E-state index contributed by atoms with van der Waals surface area (Å²) >= 11 is 1.37. The van der Waals surface area contributed by atoms with Crippen molar-refractivity contribution < 1.29 is 10.2 Å². The zero-order valence-electron chi connectivity index (χ0n) is 9.27. The molecule has 1 rings (SSSR count). The van der Waals surface area contributed by atoms with Gasteiger partial charge in [-0.3, -0.25) is 0 Å². The Morgan fingerprint density at radius 2 is 2.12 bits per heavy atom. The summed E-state index contributed by atoms with van der Waals surface area (Å²) in [6, 6.07) is 0. The first-order chi connectivity index (χ1) is 7.58. The zero-order valence-corrected chi connectivity index (χ0v) is 10.1. The van der Waals surface area contributed by atoms with Crippen LogP contribution in [0.1, 0.15) is 11.4 Å². The van der Waals surface area contributed by atoms with E-state index in [0.717, 1.165) is 10.6 Å². The average molecular weight is 244 g/mol. The standard InChI is InChI=1S/C9H16N4O2S/c1-5-8(13-10)11-6(2)12-9(5)16-4-7(15)3-14/h7,14-15H,3-4,10H2,1-2H3,(H,11,12,13). The van der Waals surface area contributed by atoms with Crippen molar-refractivity contribution in [1.82, 2.24) is 9.97 Å². The zero-order chi connectivity index (χ0) is 12.1. The molecule has 0 saturated heterocycles. The van der Waals surface area contributed by atoms with Gasteiger partial charge in [0.15, 0.2) is 0 Å². The van der Waals surface area contributed by atoms with Crippen molar-refractivity contribution in [2.75, 3.05) is 17.8 Å². The monoisotopic (exact) mass is 244 g/mol. The molecule has 0 fully saturated rings. The van der Waals surface area contributed by atoms with Crippen LogP contribution in [0.5, 0.6) is 0 Å². The molecule has 16 heavy (non-hydrogen) atoms. The molecule has 6 nitrogen and oxygen atoms in total. The summed E-state index contributed by atoms with van der Waals surface area (Å²) in [4.78, 5) is 8.38. The number of aliphatic hydroxyl groups excluding tert-OH is 2. The lowest BCUT2D eigenvalue weighted by Gasteiger charge is -2.11. The van der Waals surface area contributed by atoms with Gasteiger partial charge in [-0.15, -0.1) is 11.8 Å². The highest BCUT2D eigenvalue weighted by molar-refractivity contribution is 7.99. The van der Waals surface area contributed by atoms with Gasteiger partial charge < -0.3 is 15.6 Å². The molecule has 0 saturated carbocycles. The molecule has 1 aromatic rings. The largest absolute Gasteiger partial charge is 0.394 e. The van der Waals surface area contributed by atoms with Gasteiger partial charge in [-0.2, -0.15) is 0 Å². The van der Waals surface area contributed by atoms with Gasteiger partial charge in [0, 0.05) is 11.3 Å². The van der Waals surface area contributed by atoms with Crippen LogP contribution in [0.3, 0.4) is 0 Å². The molecule has 0 amide bonds. The second kappa shape index (κ2) is 6.00. The van der Waals surface area contributed by atoms with Crippen molar-refractivity contribution in [3.8, 4) is 0 Å². The second-order valence-electron chi connectivity index (χ2n) is 3.34. The van der Waals surface area contributed by atoms with Crippen LogP contribution < -0.4 is 11.3 Å². The number of hydrazine groups is 1. The summed E-state index contributed by atoms with van der Waals surface area (Å²) in [6.45, 7) is 3.37. The molecular weight excluding hydrogens is 228 g/mol. The number of hydrogen-bond acceptors (Lipinski definition) is 7. The number of nitrogens with one attached hydrogen (secondary N) is 1. The third-order valence-electron chi connectivity index (χ3n) is 1.97. The van der Waals surface area contributed by atoms with Crippen molar-refractivity contribution in [2.45, 2.75) is 25.0 Å². The maximum absolute atomic E-state index is 9.25. The number of hydrogen-bond donors (Lipinski definition) is 4. The van der Waals surface area contributed by atoms with E-state index in [1.165, 1.54) is 11.8 Å². The van der Waals surface area contributed by atoms with Gasteiger partial charge in [0.1, 0.15) is 16.7 Å². The normalized spacial score (nSPS) is 12.6. The summed E-state index contributed by atoms with van der Waals surface area (Å²) in [5.74, 6) is 6.91. The van der Waals surface area contributed by atoms with Crippen LogP contribution in [0.4, 0.5) is 5.82 Å². The minimum atomic E-state index is -0.742. The van der Waals surface area contributed by atoms with Crippen molar-refractivity contribution in [3.05, 3.63) is 11.4 Å². The highest BCUT2D eigenvalue weighted by atomic mass is 32.2. The molecule has 0 bridgehead atoms. The van der Waals surface area contributed by atoms with E-state index in [-0.39, 0.29) is 6.61 Å². The fraction of sp³-hybridized carbons (Fsp3) is 0.556. The number of nitrogen functional groups attached to an aromatic ring is 1. The van der Waals surface area contributed by atoms with E-state index in [9.17, 15) is 5.11 Å². The first-order valence-corrected chi connectivity index (χ1v) is 5.80. The maximum atomic E-state index is 9.25. The number of nitrogens with zero attached hydrogens (tertiary/aromatic N) is 2. The highest BCUT2D eigenvalue weighted by Crippen LogP contribution is 2.24. The number of anilines is 1. The lowest BCUT2D eigenvalue weighted by Crippen LogP contribution is -2.16. The maximum Gasteiger partial charge on any atom is 0.147 e. The molecule has 0 radical (unpaired) electrons. The number of aromatic nitrogens is 2. The molecular formula is C9H16N4O2S. The van der Waals surface area contributed by atoms with Gasteiger partial charge in [-0.05, 0) is 13.8 Å². The number of aryl methyl sites for hydroxylation is 1. The quantitative estimate of drug-likeness (QED) is 0.246. The van der Waals surface area contributed by atoms with Gasteiger partial charge in [0.05, 0.1) is 12.7 Å². The molecule has 1 atom stereocenters. The number of rotatable bonds is 5. The van der Waals surface area contributed by atoms with Gasteiger partial charge >= 0.3 is 0 Å². The fourth-order valence-corrected chi connectivity index (χ4v) is 2.08. The SMILES string of the molecule is Cc1nc(NN)c(C)c(SCC(O)CO)n1. The predicted octanol–water partition coefficient (Wildman–Crippen LogP) is -0.176. The number of nitrogens with two attached hydrogens (primary N) is 1. The van der Waals surface area contributed by atoms with Crippen molar-refractivity contribution >= 4 is 17.6 Å². The Morgan fingerprint density at radius 1 is 1.44 bits per heavy atom. The van der Waals surface area contributed by atoms with Gasteiger partial charge in [-0.1, -0.05) is 0 Å². The predicted molar refractivity (Wildman–Crippen MR) is 63.1 cm³/mol. The third kappa shape index (κ3) is 3.31. The number of thioether (sulfide) groups is 1. The molecule has 0 aliphatic heterocycles. The summed E-state index contributed by atoms with van der Waals surface area (Å²) in [5.41, 5.74) is 3.34. The summed E-state index contributed by atoms with van der Waals surface area (Å²) in [7, 11) is 0. The van der Waals surface area contributed by atoms with Gasteiger partial charge in [-0.25, -0.2) is 15.8 Å². The molecule has 90 valence electrons. The van der Waals surface area contributed by atoms with Crippen LogP contribution in [0.15, 0.2) is 5.03 Å². The average Bonchev–Trinajstić information content (AvgIpc) is 2.29. The molecule has 7 heteroatoms. The summed E-state index contributed by atoms with van der Waals surface area (Å²) in [6.07, 6.45) is -0.742. The molecule has 0 aromatic carbocycles. The summed E-state index contributed by atoms with van der Waals surface area (Å²) in [5, 5.41) is 18.7. The first kappa shape index (κ1) is 13.2. The van der Waals surface area contributed by atoms with E-state index in [1.54, 1.807) is 6.92 Å². The van der Waals surface area contributed by atoms with Crippen molar-refractivity contribution in [3.63, 3.8) is 0 Å². The van der Waals surface area contributed by atoms with E-state index in [1.807, 2.05) is 6.92 Å². The molecule has 0 aliphatic carbocycles. The Morgan fingerprint density at radius 3 is 2.69 bits per heavy atom. The lowest BCUT2D eigenvalue weighted by atomic mass is 10.3. The Balaban J connectivity index is 2.83. The van der Waals surface area contributed by atoms with Crippen molar-refractivity contribution in [1.29, 1.82) is 0 Å². The topological polar surface area (TPSA) is 104 Å². The van der Waals surface area contributed by atoms with Gasteiger partial charge in [0.2, 0.25) is 0 Å². The Labute approximate surface area is 98.3 Å². The van der Waals surface area contributed by atoms with Crippen LogP contribution in [-0.4, -0.2) is 38.6 Å². The molecule has 1 unspecified atom stereocenters. The van der Waals surface area contributed by atoms with Crippen LogP contribution in [0.2, 0.25) is 0 Å². The minimum Gasteiger partial charge on any atom is -0.394 e. The Hall–Kier alpha value is -0.890.